The van der Waals surface area contributed by atoms with Gasteiger partial charge in [-0.3, -0.25) is 4.79 Å². The van der Waals surface area contributed by atoms with Gasteiger partial charge in [0.05, 0.1) is 29.3 Å². The van der Waals surface area contributed by atoms with Crippen molar-refractivity contribution < 1.29 is 22.3 Å². The maximum atomic E-state index is 13.8. The van der Waals surface area contributed by atoms with Gasteiger partial charge in [0.25, 0.3) is 0 Å². The number of amides is 1. The van der Waals surface area contributed by atoms with Crippen molar-refractivity contribution in [3.05, 3.63) is 51.7 Å². The van der Waals surface area contributed by atoms with E-state index in [9.17, 15) is 17.6 Å². The number of benzene rings is 2. The second-order valence-electron chi connectivity index (χ2n) is 5.40. The molecule has 0 radical (unpaired) electrons. The third-order valence-electron chi connectivity index (χ3n) is 3.64. The minimum atomic E-state index is -3.97. The fourth-order valence-corrected chi connectivity index (χ4v) is 4.35. The molecule has 0 aliphatic carbocycles. The first-order chi connectivity index (χ1) is 12.7. The Bertz CT molecular complexity index is 956. The van der Waals surface area contributed by atoms with Gasteiger partial charge in [-0.05, 0) is 36.4 Å². The maximum Gasteiger partial charge on any atom is 0.243 e. The number of hydrogen-bond acceptors (Lipinski definition) is 4. The van der Waals surface area contributed by atoms with Crippen LogP contribution in [0.3, 0.4) is 0 Å². The highest BCUT2D eigenvalue weighted by Crippen LogP contribution is 2.28. The molecule has 1 N–H and O–H groups in total. The van der Waals surface area contributed by atoms with Gasteiger partial charge in [-0.15, -0.1) is 0 Å². The summed E-state index contributed by atoms with van der Waals surface area (Å²) < 4.78 is 45.9. The Labute approximate surface area is 170 Å². The average molecular weight is 480 g/mol. The third-order valence-corrected chi connectivity index (χ3v) is 6.34. The van der Waals surface area contributed by atoms with E-state index in [4.69, 9.17) is 16.3 Å². The number of carbonyl (C=O) groups excluding carboxylic acids is 1. The van der Waals surface area contributed by atoms with Crippen LogP contribution in [0.4, 0.5) is 10.1 Å². The Morgan fingerprint density at radius 1 is 1.30 bits per heavy atom. The second-order valence-corrected chi connectivity index (χ2v) is 8.66. The van der Waals surface area contributed by atoms with Gasteiger partial charge < -0.3 is 10.1 Å². The Balaban J connectivity index is 2.19. The first-order valence-electron chi connectivity index (χ1n) is 7.77. The largest absolute Gasteiger partial charge is 0.495 e. The van der Waals surface area contributed by atoms with Crippen LogP contribution >= 0.6 is 27.5 Å². The summed E-state index contributed by atoms with van der Waals surface area (Å²) in [5, 5.41) is 2.50. The number of halogens is 3. The van der Waals surface area contributed by atoms with Gasteiger partial charge in [0.1, 0.15) is 11.6 Å². The zero-order valence-electron chi connectivity index (χ0n) is 14.5. The van der Waals surface area contributed by atoms with Crippen LogP contribution in [-0.2, 0) is 14.8 Å². The van der Waals surface area contributed by atoms with Crippen LogP contribution < -0.4 is 10.1 Å². The summed E-state index contributed by atoms with van der Waals surface area (Å²) in [5.41, 5.74) is -0.0378. The van der Waals surface area contributed by atoms with Gasteiger partial charge in [-0.25, -0.2) is 12.8 Å². The summed E-state index contributed by atoms with van der Waals surface area (Å²) in [4.78, 5) is 12.2. The summed E-state index contributed by atoms with van der Waals surface area (Å²) >= 11 is 9.12. The monoisotopic (exact) mass is 478 g/mol. The van der Waals surface area contributed by atoms with Gasteiger partial charge in [0, 0.05) is 11.0 Å². The van der Waals surface area contributed by atoms with Gasteiger partial charge in [-0.1, -0.05) is 34.5 Å². The smallest absolute Gasteiger partial charge is 0.243 e. The number of nitrogens with one attached hydrogen (secondary N) is 1. The van der Waals surface area contributed by atoms with E-state index in [0.717, 1.165) is 4.31 Å². The number of ether oxygens (including phenoxy) is 1. The van der Waals surface area contributed by atoms with Crippen LogP contribution in [0, 0.1) is 5.82 Å². The van der Waals surface area contributed by atoms with Crippen molar-refractivity contribution in [2.45, 2.75) is 11.8 Å². The number of anilines is 1. The van der Waals surface area contributed by atoms with Crippen LogP contribution in [0.5, 0.6) is 5.75 Å². The highest BCUT2D eigenvalue weighted by Gasteiger charge is 2.26. The molecule has 0 atom stereocenters. The molecule has 27 heavy (non-hydrogen) atoms. The predicted octanol–water partition coefficient (Wildman–Crippen LogP) is 3.90. The molecule has 6 nitrogen and oxygen atoms in total. The van der Waals surface area contributed by atoms with E-state index in [1.807, 2.05) is 0 Å². The Kier molecular flexibility index (Phi) is 7.21. The van der Waals surface area contributed by atoms with Crippen LogP contribution in [0.25, 0.3) is 0 Å². The standard InChI is InChI=1S/C17H17BrClFN2O4S/c1-3-22(10-17(23)21-15-6-4-11(18)8-14(15)20)27(24,25)12-5-7-16(26-2)13(19)9-12/h4-9H,3,10H2,1-2H3,(H,21,23). The van der Waals surface area contributed by atoms with E-state index in [-0.39, 0.29) is 22.2 Å². The predicted molar refractivity (Wildman–Crippen MR) is 105 cm³/mol. The summed E-state index contributed by atoms with van der Waals surface area (Å²) in [5.74, 6) is -0.964. The molecule has 0 heterocycles. The normalized spacial score (nSPS) is 11.5. The highest BCUT2D eigenvalue weighted by atomic mass is 79.9. The molecule has 0 aromatic heterocycles. The van der Waals surface area contributed by atoms with Crippen LogP contribution in [0.1, 0.15) is 6.92 Å². The molecule has 146 valence electrons. The van der Waals surface area contributed by atoms with E-state index < -0.39 is 28.3 Å². The number of likely N-dealkylation sites (N-methyl/N-ethyl adjacent to an activating group) is 1. The van der Waals surface area contributed by atoms with Crippen molar-refractivity contribution in [3.63, 3.8) is 0 Å². The lowest BCUT2D eigenvalue weighted by atomic mass is 10.3. The first kappa shape index (κ1) is 21.6. The molecule has 0 aliphatic rings. The van der Waals surface area contributed by atoms with E-state index in [2.05, 4.69) is 21.2 Å². The van der Waals surface area contributed by atoms with Crippen molar-refractivity contribution in [3.8, 4) is 5.75 Å². The summed E-state index contributed by atoms with van der Waals surface area (Å²) in [6.07, 6.45) is 0. The summed E-state index contributed by atoms with van der Waals surface area (Å²) in [6, 6.07) is 8.17. The number of sulfonamides is 1. The zero-order valence-corrected chi connectivity index (χ0v) is 17.7. The molecule has 0 bridgehead atoms. The molecule has 2 aromatic rings. The topological polar surface area (TPSA) is 75.7 Å². The highest BCUT2D eigenvalue weighted by molar-refractivity contribution is 9.10. The minimum Gasteiger partial charge on any atom is -0.495 e. The molecule has 0 saturated heterocycles. The van der Waals surface area contributed by atoms with Crippen molar-refractivity contribution in [2.75, 3.05) is 25.5 Å². The molecular weight excluding hydrogens is 463 g/mol. The SMILES string of the molecule is CCN(CC(=O)Nc1ccc(Br)cc1F)S(=O)(=O)c1ccc(OC)c(Cl)c1. The summed E-state index contributed by atoms with van der Waals surface area (Å²) in [7, 11) is -2.56. The number of rotatable bonds is 7. The molecule has 0 fully saturated rings. The average Bonchev–Trinajstić information content (AvgIpc) is 2.61. The van der Waals surface area contributed by atoms with E-state index in [1.54, 1.807) is 13.0 Å². The molecule has 0 aliphatic heterocycles. The fourth-order valence-electron chi connectivity index (χ4n) is 2.26. The molecular formula is C17H17BrClFN2O4S. The number of methoxy groups -OCH3 is 1. The van der Waals surface area contributed by atoms with Gasteiger partial charge in [-0.2, -0.15) is 4.31 Å². The molecule has 0 saturated carbocycles. The van der Waals surface area contributed by atoms with Crippen LogP contribution in [0.2, 0.25) is 5.02 Å². The van der Waals surface area contributed by atoms with Crippen molar-refractivity contribution in [2.24, 2.45) is 0 Å². The minimum absolute atomic E-state index is 0.0378. The molecule has 2 rings (SSSR count). The first-order valence-corrected chi connectivity index (χ1v) is 10.4. The molecule has 10 heteroatoms. The van der Waals surface area contributed by atoms with Crippen LogP contribution in [-0.4, -0.2) is 38.8 Å². The molecule has 0 unspecified atom stereocenters. The Morgan fingerprint density at radius 2 is 2.00 bits per heavy atom. The van der Waals surface area contributed by atoms with Crippen molar-refractivity contribution >= 4 is 49.1 Å². The van der Waals surface area contributed by atoms with Gasteiger partial charge in [0.2, 0.25) is 15.9 Å². The van der Waals surface area contributed by atoms with Gasteiger partial charge in [0.15, 0.2) is 0 Å². The number of hydrogen-bond donors (Lipinski definition) is 1. The second kappa shape index (κ2) is 9.01. The maximum absolute atomic E-state index is 13.8. The van der Waals surface area contributed by atoms with E-state index in [1.165, 1.54) is 37.4 Å². The van der Waals surface area contributed by atoms with Gasteiger partial charge >= 0.3 is 0 Å². The molecule has 2 aromatic carbocycles. The lowest BCUT2D eigenvalue weighted by Gasteiger charge is -2.20. The third kappa shape index (κ3) is 5.19. The number of carbonyl (C=O) groups is 1. The fraction of sp³-hybridized carbons (Fsp3) is 0.235. The Morgan fingerprint density at radius 3 is 2.56 bits per heavy atom. The lowest BCUT2D eigenvalue weighted by molar-refractivity contribution is -0.116. The number of nitrogens with zero attached hydrogens (tertiary/aromatic N) is 1. The van der Waals surface area contributed by atoms with E-state index >= 15 is 0 Å². The summed E-state index contributed by atoms with van der Waals surface area (Å²) in [6.45, 7) is 1.16. The quantitative estimate of drug-likeness (QED) is 0.653. The van der Waals surface area contributed by atoms with Crippen LogP contribution in [0.15, 0.2) is 45.8 Å². The Hall–Kier alpha value is -1.68. The van der Waals surface area contributed by atoms with E-state index in [0.29, 0.717) is 10.2 Å². The molecule has 1 amide bonds. The zero-order chi connectivity index (χ0) is 20.2. The van der Waals surface area contributed by atoms with Crippen molar-refractivity contribution in [1.29, 1.82) is 0 Å². The van der Waals surface area contributed by atoms with Crippen molar-refractivity contribution in [1.82, 2.24) is 4.31 Å². The molecule has 0 spiro atoms. The lowest BCUT2D eigenvalue weighted by Crippen LogP contribution is -2.38.